The van der Waals surface area contributed by atoms with Crippen LogP contribution in [0.4, 0.5) is 0 Å². The minimum absolute atomic E-state index is 0.762. The van der Waals surface area contributed by atoms with Crippen molar-refractivity contribution in [2.24, 2.45) is 5.73 Å². The number of rotatable bonds is 5. The monoisotopic (exact) mass is 376 g/mol. The smallest absolute Gasteiger partial charge is 0.0650 e. The number of hydrogen-bond donors (Lipinski definition) is 2. The first kappa shape index (κ1) is 15.8. The van der Waals surface area contributed by atoms with Crippen LogP contribution in [0.25, 0.3) is 21.5 Å². The number of H-pyrrole nitrogens is 1. The summed E-state index contributed by atoms with van der Waals surface area (Å²) in [5.74, 6) is 0. The van der Waals surface area contributed by atoms with Crippen molar-refractivity contribution >= 4 is 38.2 Å². The summed E-state index contributed by atoms with van der Waals surface area (Å²) in [6.07, 6.45) is 3.27. The van der Waals surface area contributed by atoms with Crippen molar-refractivity contribution in [1.29, 1.82) is 0 Å². The van der Waals surface area contributed by atoms with E-state index in [0.29, 0.717) is 0 Å². The largest absolute Gasteiger partial charge is 0.353 e. The Balaban J connectivity index is 2.19. The van der Waals surface area contributed by atoms with E-state index in [4.69, 9.17) is 5.73 Å². The summed E-state index contributed by atoms with van der Waals surface area (Å²) in [5.41, 5.74) is 12.3. The molecule has 1 aromatic carbocycles. The Morgan fingerprint density at radius 2 is 2.00 bits per heavy atom. The van der Waals surface area contributed by atoms with Gasteiger partial charge in [0.2, 0.25) is 0 Å². The lowest BCUT2D eigenvalue weighted by Crippen LogP contribution is -1.99. The van der Waals surface area contributed by atoms with E-state index in [1.165, 1.54) is 42.6 Å². The molecule has 0 bridgehead atoms. The van der Waals surface area contributed by atoms with E-state index in [1.807, 2.05) is 0 Å². The van der Waals surface area contributed by atoms with Crippen molar-refractivity contribution in [3.8, 4) is 10.6 Å². The minimum Gasteiger partial charge on any atom is -0.353 e. The summed E-state index contributed by atoms with van der Waals surface area (Å²) >= 11 is 5.46. The molecule has 22 heavy (non-hydrogen) atoms. The number of aromatic nitrogens is 1. The number of aromatic amines is 1. The molecular weight excluding hydrogens is 356 g/mol. The van der Waals surface area contributed by atoms with E-state index in [1.54, 1.807) is 11.3 Å². The van der Waals surface area contributed by atoms with Crippen LogP contribution in [-0.2, 0) is 6.42 Å². The van der Waals surface area contributed by atoms with Gasteiger partial charge < -0.3 is 10.7 Å². The van der Waals surface area contributed by atoms with Crippen LogP contribution in [-0.4, -0.2) is 11.5 Å². The quantitative estimate of drug-likeness (QED) is 0.562. The van der Waals surface area contributed by atoms with Gasteiger partial charge in [-0.15, -0.1) is 11.3 Å². The predicted molar refractivity (Wildman–Crippen MR) is 101 cm³/mol. The van der Waals surface area contributed by atoms with Crippen molar-refractivity contribution in [3.63, 3.8) is 0 Å². The van der Waals surface area contributed by atoms with E-state index in [-0.39, 0.29) is 0 Å². The topological polar surface area (TPSA) is 41.8 Å². The number of unbranched alkanes of at least 4 members (excludes halogenated alkanes) is 1. The van der Waals surface area contributed by atoms with Crippen LogP contribution in [0.15, 0.2) is 28.1 Å². The molecule has 0 amide bonds. The number of fused-ring (bicyclic) bond motifs is 1. The van der Waals surface area contributed by atoms with Gasteiger partial charge in [-0.3, -0.25) is 0 Å². The maximum Gasteiger partial charge on any atom is 0.0650 e. The summed E-state index contributed by atoms with van der Waals surface area (Å²) in [4.78, 5) is 4.98. The van der Waals surface area contributed by atoms with Crippen LogP contribution < -0.4 is 5.73 Å². The van der Waals surface area contributed by atoms with Gasteiger partial charge in [-0.1, -0.05) is 12.1 Å². The molecule has 0 aliphatic carbocycles. The molecule has 2 aromatic heterocycles. The molecule has 2 nitrogen and oxygen atoms in total. The van der Waals surface area contributed by atoms with Crippen LogP contribution in [0.2, 0.25) is 0 Å². The van der Waals surface area contributed by atoms with Gasteiger partial charge in [-0.05, 0) is 83.7 Å². The summed E-state index contributed by atoms with van der Waals surface area (Å²) in [6, 6.07) is 6.61. The van der Waals surface area contributed by atoms with Gasteiger partial charge >= 0.3 is 0 Å². The summed E-state index contributed by atoms with van der Waals surface area (Å²) in [5, 5.41) is 3.49. The molecule has 0 saturated heterocycles. The van der Waals surface area contributed by atoms with E-state index in [9.17, 15) is 0 Å². The lowest BCUT2D eigenvalue weighted by atomic mass is 10.0. The lowest BCUT2D eigenvalue weighted by Gasteiger charge is -2.04. The number of thiophene rings is 1. The number of hydrogen-bond acceptors (Lipinski definition) is 2. The fraction of sp³-hybridized carbons (Fsp3) is 0.333. The first-order valence-corrected chi connectivity index (χ1v) is 9.35. The molecule has 0 unspecified atom stereocenters. The van der Waals surface area contributed by atoms with Crippen LogP contribution in [0.5, 0.6) is 0 Å². The molecule has 0 saturated carbocycles. The standard InChI is InChI=1S/C18H21BrN2S/c1-11-6-7-14-13(5-3-4-9-20)17(21-16(14)12(11)2)18-15(19)8-10-22-18/h6-8,10,21H,3-5,9,20H2,1-2H3. The fourth-order valence-electron chi connectivity index (χ4n) is 2.94. The van der Waals surface area contributed by atoms with E-state index in [0.717, 1.165) is 25.8 Å². The summed E-state index contributed by atoms with van der Waals surface area (Å²) < 4.78 is 1.17. The maximum absolute atomic E-state index is 5.67. The first-order valence-electron chi connectivity index (χ1n) is 7.67. The van der Waals surface area contributed by atoms with Gasteiger partial charge in [-0.2, -0.15) is 0 Å². The fourth-order valence-corrected chi connectivity index (χ4v) is 4.53. The predicted octanol–water partition coefficient (Wildman–Crippen LogP) is 5.56. The van der Waals surface area contributed by atoms with Crippen molar-refractivity contribution in [1.82, 2.24) is 4.98 Å². The van der Waals surface area contributed by atoms with Crippen molar-refractivity contribution in [2.45, 2.75) is 33.1 Å². The summed E-state index contributed by atoms with van der Waals surface area (Å²) in [6.45, 7) is 5.13. The molecule has 3 aromatic rings. The van der Waals surface area contributed by atoms with Crippen LogP contribution in [0, 0.1) is 13.8 Å². The second kappa shape index (κ2) is 6.57. The van der Waals surface area contributed by atoms with Gasteiger partial charge in [0, 0.05) is 15.4 Å². The minimum atomic E-state index is 0.762. The van der Waals surface area contributed by atoms with Crippen molar-refractivity contribution in [2.75, 3.05) is 6.54 Å². The van der Waals surface area contributed by atoms with E-state index in [2.05, 4.69) is 58.3 Å². The second-order valence-corrected chi connectivity index (χ2v) is 7.52. The van der Waals surface area contributed by atoms with Crippen molar-refractivity contribution < 1.29 is 0 Å². The highest BCUT2D eigenvalue weighted by Crippen LogP contribution is 2.39. The van der Waals surface area contributed by atoms with Gasteiger partial charge in [-0.25, -0.2) is 0 Å². The molecule has 0 fully saturated rings. The molecule has 0 aliphatic rings. The average molecular weight is 377 g/mol. The first-order chi connectivity index (χ1) is 10.6. The number of nitrogens with two attached hydrogens (primary N) is 1. The number of benzene rings is 1. The number of aryl methyl sites for hydroxylation is 3. The normalized spacial score (nSPS) is 11.5. The number of nitrogens with one attached hydrogen (secondary N) is 1. The third-order valence-corrected chi connectivity index (χ3v) is 6.19. The highest BCUT2D eigenvalue weighted by molar-refractivity contribution is 9.10. The third kappa shape index (κ3) is 2.75. The van der Waals surface area contributed by atoms with Crippen LogP contribution in [0.3, 0.4) is 0 Å². The Hall–Kier alpha value is -1.10. The second-order valence-electron chi connectivity index (χ2n) is 5.75. The maximum atomic E-state index is 5.67. The Kier molecular flexibility index (Phi) is 4.71. The van der Waals surface area contributed by atoms with E-state index >= 15 is 0 Å². The molecule has 3 rings (SSSR count). The molecule has 0 atom stereocenters. The van der Waals surface area contributed by atoms with Gasteiger partial charge in [0.15, 0.2) is 0 Å². The molecule has 3 N–H and O–H groups in total. The van der Waals surface area contributed by atoms with E-state index < -0.39 is 0 Å². The van der Waals surface area contributed by atoms with Gasteiger partial charge in [0.25, 0.3) is 0 Å². The SMILES string of the molecule is Cc1ccc2c(CCCCN)c(-c3sccc3Br)[nH]c2c1C. The molecule has 0 spiro atoms. The van der Waals surface area contributed by atoms with Gasteiger partial charge in [0.05, 0.1) is 10.6 Å². The van der Waals surface area contributed by atoms with Gasteiger partial charge in [0.1, 0.15) is 0 Å². The Morgan fingerprint density at radius 1 is 1.18 bits per heavy atom. The van der Waals surface area contributed by atoms with Crippen LogP contribution in [0.1, 0.15) is 29.5 Å². The summed E-state index contributed by atoms with van der Waals surface area (Å²) in [7, 11) is 0. The molecule has 2 heterocycles. The zero-order valence-corrected chi connectivity index (χ0v) is 15.4. The zero-order chi connectivity index (χ0) is 15.7. The lowest BCUT2D eigenvalue weighted by molar-refractivity contribution is 0.748. The highest BCUT2D eigenvalue weighted by Gasteiger charge is 2.17. The highest BCUT2D eigenvalue weighted by atomic mass is 79.9. The Labute approximate surface area is 143 Å². The van der Waals surface area contributed by atoms with Crippen LogP contribution >= 0.6 is 27.3 Å². The molecular formula is C18H21BrN2S. The Morgan fingerprint density at radius 3 is 2.68 bits per heavy atom. The zero-order valence-electron chi connectivity index (χ0n) is 13.0. The third-order valence-electron chi connectivity index (χ3n) is 4.34. The number of halogens is 1. The molecule has 0 radical (unpaired) electrons. The van der Waals surface area contributed by atoms with Crippen molar-refractivity contribution in [3.05, 3.63) is 44.7 Å². The Bertz CT molecular complexity index is 801. The molecule has 4 heteroatoms. The molecule has 0 aliphatic heterocycles. The average Bonchev–Trinajstić information content (AvgIpc) is 3.07. The molecule has 116 valence electrons.